The summed E-state index contributed by atoms with van der Waals surface area (Å²) >= 11 is 6.19. The number of methoxy groups -OCH3 is 1. The summed E-state index contributed by atoms with van der Waals surface area (Å²) in [5.74, 6) is 1.37. The fraction of sp³-hybridized carbons (Fsp3) is 0.600. The van der Waals surface area contributed by atoms with Gasteiger partial charge in [-0.1, -0.05) is 25.4 Å². The minimum atomic E-state index is 0.452. The van der Waals surface area contributed by atoms with Gasteiger partial charge in [0.15, 0.2) is 0 Å². The summed E-state index contributed by atoms with van der Waals surface area (Å²) in [4.78, 5) is 0. The highest BCUT2D eigenvalue weighted by atomic mass is 35.5. The fourth-order valence-corrected chi connectivity index (χ4v) is 3.07. The molecule has 1 fully saturated rings. The standard InChI is InChI=1S/C15H22ClNO/c1-10(2)15-11(8-13-5-4-6-17-13)7-12(16)9-14(15)18-3/h7,9-10,13,17H,4-6,8H2,1-3H3. The van der Waals surface area contributed by atoms with Crippen LogP contribution in [0.5, 0.6) is 5.75 Å². The number of hydrogen-bond donors (Lipinski definition) is 1. The average Bonchev–Trinajstić information content (AvgIpc) is 2.80. The molecule has 1 aromatic carbocycles. The molecule has 1 heterocycles. The normalized spacial score (nSPS) is 19.5. The zero-order valence-corrected chi connectivity index (χ0v) is 12.2. The van der Waals surface area contributed by atoms with Gasteiger partial charge in [0.2, 0.25) is 0 Å². The van der Waals surface area contributed by atoms with Crippen LogP contribution >= 0.6 is 11.6 Å². The molecule has 0 aliphatic carbocycles. The summed E-state index contributed by atoms with van der Waals surface area (Å²) in [6.07, 6.45) is 3.58. The number of hydrogen-bond acceptors (Lipinski definition) is 2. The van der Waals surface area contributed by atoms with Crippen molar-refractivity contribution in [1.29, 1.82) is 0 Å². The molecule has 0 saturated carbocycles. The molecular weight excluding hydrogens is 246 g/mol. The summed E-state index contributed by atoms with van der Waals surface area (Å²) in [5.41, 5.74) is 2.63. The predicted octanol–water partition coefficient (Wildman–Crippen LogP) is 3.77. The van der Waals surface area contributed by atoms with Gasteiger partial charge in [-0.2, -0.15) is 0 Å². The van der Waals surface area contributed by atoms with Crippen LogP contribution in [0.3, 0.4) is 0 Å². The largest absolute Gasteiger partial charge is 0.496 e. The Morgan fingerprint density at radius 1 is 1.44 bits per heavy atom. The lowest BCUT2D eigenvalue weighted by atomic mass is 9.92. The van der Waals surface area contributed by atoms with E-state index in [9.17, 15) is 0 Å². The van der Waals surface area contributed by atoms with Crippen molar-refractivity contribution in [3.63, 3.8) is 0 Å². The van der Waals surface area contributed by atoms with Crippen LogP contribution in [0.15, 0.2) is 12.1 Å². The van der Waals surface area contributed by atoms with Crippen LogP contribution in [-0.2, 0) is 6.42 Å². The Morgan fingerprint density at radius 3 is 2.78 bits per heavy atom. The molecule has 2 nitrogen and oxygen atoms in total. The molecule has 1 N–H and O–H groups in total. The van der Waals surface area contributed by atoms with Crippen LogP contribution in [-0.4, -0.2) is 19.7 Å². The lowest BCUT2D eigenvalue weighted by molar-refractivity contribution is 0.406. The van der Waals surface area contributed by atoms with Crippen LogP contribution in [0, 0.1) is 0 Å². The van der Waals surface area contributed by atoms with Crippen molar-refractivity contribution in [3.05, 3.63) is 28.3 Å². The summed E-state index contributed by atoms with van der Waals surface area (Å²) in [7, 11) is 1.72. The molecule has 0 amide bonds. The zero-order chi connectivity index (χ0) is 13.1. The molecular formula is C15H22ClNO. The molecule has 0 aromatic heterocycles. The first-order chi connectivity index (χ1) is 8.61. The number of benzene rings is 1. The maximum atomic E-state index is 6.19. The lowest BCUT2D eigenvalue weighted by Gasteiger charge is -2.20. The summed E-state index contributed by atoms with van der Waals surface area (Å²) in [5, 5.41) is 4.31. The molecule has 1 saturated heterocycles. The minimum Gasteiger partial charge on any atom is -0.496 e. The van der Waals surface area contributed by atoms with Gasteiger partial charge >= 0.3 is 0 Å². The molecule has 0 spiro atoms. The molecule has 1 unspecified atom stereocenters. The SMILES string of the molecule is COc1cc(Cl)cc(CC2CCCN2)c1C(C)C. The average molecular weight is 268 g/mol. The van der Waals surface area contributed by atoms with E-state index >= 15 is 0 Å². The van der Waals surface area contributed by atoms with E-state index < -0.39 is 0 Å². The van der Waals surface area contributed by atoms with E-state index in [1.165, 1.54) is 24.0 Å². The molecule has 2 rings (SSSR count). The van der Waals surface area contributed by atoms with E-state index in [1.54, 1.807) is 7.11 Å². The second-order valence-corrected chi connectivity index (χ2v) is 5.77. The second-order valence-electron chi connectivity index (χ2n) is 5.33. The number of rotatable bonds is 4. The topological polar surface area (TPSA) is 21.3 Å². The molecule has 1 aliphatic rings. The third-order valence-electron chi connectivity index (χ3n) is 3.62. The first-order valence-corrected chi connectivity index (χ1v) is 7.09. The summed E-state index contributed by atoms with van der Waals surface area (Å²) < 4.78 is 5.49. The zero-order valence-electron chi connectivity index (χ0n) is 11.4. The van der Waals surface area contributed by atoms with Gasteiger partial charge < -0.3 is 10.1 Å². The molecule has 0 radical (unpaired) electrons. The van der Waals surface area contributed by atoms with Gasteiger partial charge in [-0.05, 0) is 49.4 Å². The minimum absolute atomic E-state index is 0.452. The lowest BCUT2D eigenvalue weighted by Crippen LogP contribution is -2.24. The van der Waals surface area contributed by atoms with E-state index in [0.717, 1.165) is 23.7 Å². The van der Waals surface area contributed by atoms with Crippen molar-refractivity contribution in [2.75, 3.05) is 13.7 Å². The van der Waals surface area contributed by atoms with Gasteiger partial charge in [-0.15, -0.1) is 0 Å². The van der Waals surface area contributed by atoms with Crippen molar-refractivity contribution in [2.45, 2.75) is 45.1 Å². The highest BCUT2D eigenvalue weighted by Gasteiger charge is 2.20. The molecule has 1 atom stereocenters. The van der Waals surface area contributed by atoms with Gasteiger partial charge in [0, 0.05) is 16.6 Å². The summed E-state index contributed by atoms with van der Waals surface area (Å²) in [6.45, 7) is 5.55. The maximum absolute atomic E-state index is 6.19. The number of ether oxygens (including phenoxy) is 1. The van der Waals surface area contributed by atoms with Crippen molar-refractivity contribution in [3.8, 4) is 5.75 Å². The van der Waals surface area contributed by atoms with Crippen molar-refractivity contribution < 1.29 is 4.74 Å². The summed E-state index contributed by atoms with van der Waals surface area (Å²) in [6, 6.07) is 4.60. The Kier molecular flexibility index (Phi) is 4.52. The molecule has 1 aromatic rings. The van der Waals surface area contributed by atoms with Crippen molar-refractivity contribution >= 4 is 11.6 Å². The van der Waals surface area contributed by atoms with Gasteiger partial charge in [0.25, 0.3) is 0 Å². The third kappa shape index (κ3) is 2.99. The van der Waals surface area contributed by atoms with E-state index in [2.05, 4.69) is 25.2 Å². The van der Waals surface area contributed by atoms with E-state index in [-0.39, 0.29) is 0 Å². The number of nitrogens with one attached hydrogen (secondary N) is 1. The van der Waals surface area contributed by atoms with E-state index in [4.69, 9.17) is 16.3 Å². The predicted molar refractivity (Wildman–Crippen MR) is 76.8 cm³/mol. The Labute approximate surface area is 115 Å². The second kappa shape index (κ2) is 5.94. The molecule has 18 heavy (non-hydrogen) atoms. The van der Waals surface area contributed by atoms with Gasteiger partial charge in [-0.25, -0.2) is 0 Å². The van der Waals surface area contributed by atoms with E-state index in [0.29, 0.717) is 12.0 Å². The highest BCUT2D eigenvalue weighted by Crippen LogP contribution is 2.34. The Morgan fingerprint density at radius 2 is 2.22 bits per heavy atom. The number of halogens is 1. The van der Waals surface area contributed by atoms with Gasteiger partial charge in [0.05, 0.1) is 7.11 Å². The third-order valence-corrected chi connectivity index (χ3v) is 3.84. The Hall–Kier alpha value is -0.730. The Balaban J connectivity index is 2.33. The van der Waals surface area contributed by atoms with Crippen LogP contribution in [0.25, 0.3) is 0 Å². The van der Waals surface area contributed by atoms with Crippen molar-refractivity contribution in [1.82, 2.24) is 5.32 Å². The van der Waals surface area contributed by atoms with Gasteiger partial charge in [0.1, 0.15) is 5.75 Å². The first-order valence-electron chi connectivity index (χ1n) is 6.71. The first kappa shape index (κ1) is 13.7. The molecule has 100 valence electrons. The van der Waals surface area contributed by atoms with Crippen LogP contribution in [0.2, 0.25) is 5.02 Å². The molecule has 1 aliphatic heterocycles. The molecule has 0 bridgehead atoms. The maximum Gasteiger partial charge on any atom is 0.124 e. The Bertz CT molecular complexity index is 411. The van der Waals surface area contributed by atoms with Crippen molar-refractivity contribution in [2.24, 2.45) is 0 Å². The smallest absolute Gasteiger partial charge is 0.124 e. The molecule has 3 heteroatoms. The van der Waals surface area contributed by atoms with E-state index in [1.807, 2.05) is 6.07 Å². The quantitative estimate of drug-likeness (QED) is 0.897. The van der Waals surface area contributed by atoms with Gasteiger partial charge in [-0.3, -0.25) is 0 Å². The van der Waals surface area contributed by atoms with Crippen LogP contribution < -0.4 is 10.1 Å². The van der Waals surface area contributed by atoms with Crippen LogP contribution in [0.4, 0.5) is 0 Å². The highest BCUT2D eigenvalue weighted by molar-refractivity contribution is 6.30. The fourth-order valence-electron chi connectivity index (χ4n) is 2.84. The monoisotopic (exact) mass is 267 g/mol. The van der Waals surface area contributed by atoms with Crippen LogP contribution in [0.1, 0.15) is 43.7 Å².